The van der Waals surface area contributed by atoms with Gasteiger partial charge in [0.2, 0.25) is 0 Å². The van der Waals surface area contributed by atoms with E-state index in [1.54, 1.807) is 6.20 Å². The van der Waals surface area contributed by atoms with E-state index >= 15 is 0 Å². The average molecular weight is 334 g/mol. The van der Waals surface area contributed by atoms with Crippen LogP contribution in [0.2, 0.25) is 0 Å². The number of nitrogens with two attached hydrogens (primary N) is 1. The summed E-state index contributed by atoms with van der Waals surface area (Å²) in [7, 11) is 0. The van der Waals surface area contributed by atoms with Gasteiger partial charge < -0.3 is 5.73 Å². The fourth-order valence-corrected chi connectivity index (χ4v) is 2.38. The van der Waals surface area contributed by atoms with Crippen LogP contribution in [0.25, 0.3) is 10.4 Å². The second-order valence-corrected chi connectivity index (χ2v) is 5.46. The number of thiazole rings is 1. The fourth-order valence-electron chi connectivity index (χ4n) is 1.07. The second kappa shape index (κ2) is 4.00. The van der Waals surface area contributed by atoms with Gasteiger partial charge in [0.1, 0.15) is 0 Å². The maximum atomic E-state index is 5.57. The van der Waals surface area contributed by atoms with Gasteiger partial charge in [-0.25, -0.2) is 4.98 Å². The second-order valence-electron chi connectivity index (χ2n) is 2.69. The van der Waals surface area contributed by atoms with E-state index in [9.17, 15) is 0 Å². The van der Waals surface area contributed by atoms with Gasteiger partial charge in [-0.1, -0.05) is 17.4 Å². The molecule has 0 saturated heterocycles. The molecule has 0 radical (unpaired) electrons. The van der Waals surface area contributed by atoms with Crippen LogP contribution >= 0.6 is 43.2 Å². The van der Waals surface area contributed by atoms with Crippen molar-refractivity contribution >= 4 is 48.3 Å². The summed E-state index contributed by atoms with van der Waals surface area (Å²) in [5, 5.41) is 0.596. The predicted octanol–water partition coefficient (Wildman–Crippen LogP) is 3.92. The Balaban J connectivity index is 2.47. The molecule has 2 nitrogen and oxygen atoms in total. The van der Waals surface area contributed by atoms with E-state index in [2.05, 4.69) is 36.8 Å². The van der Waals surface area contributed by atoms with Crippen LogP contribution in [0.15, 0.2) is 33.3 Å². The maximum Gasteiger partial charge on any atom is 0.180 e. The van der Waals surface area contributed by atoms with Gasteiger partial charge >= 0.3 is 0 Å². The molecule has 0 aliphatic rings. The molecule has 0 amide bonds. The van der Waals surface area contributed by atoms with Gasteiger partial charge in [-0.3, -0.25) is 0 Å². The first kappa shape index (κ1) is 10.1. The van der Waals surface area contributed by atoms with Crippen LogP contribution in [0.3, 0.4) is 0 Å². The van der Waals surface area contributed by atoms with Crippen molar-refractivity contribution in [3.63, 3.8) is 0 Å². The van der Waals surface area contributed by atoms with E-state index in [0.717, 1.165) is 19.4 Å². The Bertz CT molecular complexity index is 468. The van der Waals surface area contributed by atoms with Crippen LogP contribution in [-0.2, 0) is 0 Å². The largest absolute Gasteiger partial charge is 0.375 e. The third kappa shape index (κ3) is 1.99. The lowest BCUT2D eigenvalue weighted by atomic mass is 10.2. The molecule has 2 aromatic rings. The Labute approximate surface area is 102 Å². The number of hydrogen-bond acceptors (Lipinski definition) is 3. The first-order valence-corrected chi connectivity index (χ1v) is 6.24. The SMILES string of the molecule is Nc1ncc(-c2ccc(Br)c(Br)c2)s1. The third-order valence-corrected chi connectivity index (χ3v) is 4.48. The van der Waals surface area contributed by atoms with E-state index in [1.807, 2.05) is 18.2 Å². The van der Waals surface area contributed by atoms with Crippen molar-refractivity contribution < 1.29 is 0 Å². The Kier molecular flexibility index (Phi) is 2.90. The molecule has 1 aromatic carbocycles. The van der Waals surface area contributed by atoms with Gasteiger partial charge in [0.25, 0.3) is 0 Å². The molecule has 2 rings (SSSR count). The highest BCUT2D eigenvalue weighted by atomic mass is 79.9. The van der Waals surface area contributed by atoms with E-state index in [-0.39, 0.29) is 0 Å². The first-order chi connectivity index (χ1) is 6.66. The number of nitrogens with zero attached hydrogens (tertiary/aromatic N) is 1. The molecular weight excluding hydrogens is 328 g/mol. The molecule has 0 aliphatic carbocycles. The average Bonchev–Trinajstić information content (AvgIpc) is 2.57. The highest BCUT2D eigenvalue weighted by Gasteiger charge is 2.04. The van der Waals surface area contributed by atoms with Crippen molar-refractivity contribution in [1.29, 1.82) is 0 Å². The van der Waals surface area contributed by atoms with Crippen LogP contribution in [0, 0.1) is 0 Å². The standard InChI is InChI=1S/C9H6Br2N2S/c10-6-2-1-5(3-7(6)11)8-4-13-9(12)14-8/h1-4H,(H2,12,13). The summed E-state index contributed by atoms with van der Waals surface area (Å²) < 4.78 is 2.07. The van der Waals surface area contributed by atoms with Crippen LogP contribution in [0.4, 0.5) is 5.13 Å². The number of rotatable bonds is 1. The minimum atomic E-state index is 0.596. The summed E-state index contributed by atoms with van der Waals surface area (Å²) in [6, 6.07) is 6.06. The molecule has 0 saturated carbocycles. The van der Waals surface area contributed by atoms with Crippen LogP contribution in [0.1, 0.15) is 0 Å². The maximum absolute atomic E-state index is 5.57. The molecule has 0 aliphatic heterocycles. The van der Waals surface area contributed by atoms with Gasteiger partial charge in [-0.05, 0) is 49.6 Å². The Morgan fingerprint density at radius 3 is 2.57 bits per heavy atom. The predicted molar refractivity (Wildman–Crippen MR) is 67.4 cm³/mol. The summed E-state index contributed by atoms with van der Waals surface area (Å²) in [5.41, 5.74) is 6.69. The molecule has 0 bridgehead atoms. The normalized spacial score (nSPS) is 10.4. The van der Waals surface area contributed by atoms with E-state index in [0.29, 0.717) is 5.13 Å². The molecule has 1 heterocycles. The van der Waals surface area contributed by atoms with E-state index < -0.39 is 0 Å². The number of nitrogen functional groups attached to an aromatic ring is 1. The van der Waals surface area contributed by atoms with Gasteiger partial charge in [-0.2, -0.15) is 0 Å². The molecule has 2 N–H and O–H groups in total. The number of hydrogen-bond donors (Lipinski definition) is 1. The number of anilines is 1. The van der Waals surface area contributed by atoms with E-state index in [4.69, 9.17) is 5.73 Å². The molecule has 72 valence electrons. The zero-order valence-electron chi connectivity index (χ0n) is 7.00. The fraction of sp³-hybridized carbons (Fsp3) is 0. The van der Waals surface area contributed by atoms with Crippen LogP contribution in [-0.4, -0.2) is 4.98 Å². The van der Waals surface area contributed by atoms with Gasteiger partial charge in [-0.15, -0.1) is 0 Å². The third-order valence-electron chi connectivity index (χ3n) is 1.73. The first-order valence-electron chi connectivity index (χ1n) is 3.83. The quantitative estimate of drug-likeness (QED) is 0.859. The molecule has 0 unspecified atom stereocenters. The number of halogens is 2. The lowest BCUT2D eigenvalue weighted by molar-refractivity contribution is 1.42. The van der Waals surface area contributed by atoms with Crippen molar-refractivity contribution in [2.24, 2.45) is 0 Å². The summed E-state index contributed by atoms with van der Waals surface area (Å²) in [6.07, 6.45) is 1.79. The summed E-state index contributed by atoms with van der Waals surface area (Å²) in [5.74, 6) is 0. The summed E-state index contributed by atoms with van der Waals surface area (Å²) >= 11 is 8.37. The minimum Gasteiger partial charge on any atom is -0.375 e. The highest BCUT2D eigenvalue weighted by molar-refractivity contribution is 9.13. The molecule has 0 atom stereocenters. The van der Waals surface area contributed by atoms with Gasteiger partial charge in [0, 0.05) is 15.1 Å². The lowest BCUT2D eigenvalue weighted by Gasteiger charge is -1.99. The molecule has 1 aromatic heterocycles. The lowest BCUT2D eigenvalue weighted by Crippen LogP contribution is -1.77. The monoisotopic (exact) mass is 332 g/mol. The van der Waals surface area contributed by atoms with E-state index in [1.165, 1.54) is 11.3 Å². The topological polar surface area (TPSA) is 38.9 Å². The Hall–Kier alpha value is -0.390. The minimum absolute atomic E-state index is 0.596. The molecule has 0 spiro atoms. The molecule has 14 heavy (non-hydrogen) atoms. The van der Waals surface area contributed by atoms with Crippen molar-refractivity contribution in [2.45, 2.75) is 0 Å². The smallest absolute Gasteiger partial charge is 0.180 e. The summed E-state index contributed by atoms with van der Waals surface area (Å²) in [4.78, 5) is 5.09. The number of benzene rings is 1. The summed E-state index contributed by atoms with van der Waals surface area (Å²) in [6.45, 7) is 0. The molecule has 0 fully saturated rings. The van der Waals surface area contributed by atoms with Gasteiger partial charge in [0.15, 0.2) is 5.13 Å². The Morgan fingerprint density at radius 2 is 2.00 bits per heavy atom. The zero-order valence-corrected chi connectivity index (χ0v) is 11.0. The van der Waals surface area contributed by atoms with Crippen molar-refractivity contribution in [3.8, 4) is 10.4 Å². The highest BCUT2D eigenvalue weighted by Crippen LogP contribution is 2.32. The van der Waals surface area contributed by atoms with Crippen molar-refractivity contribution in [1.82, 2.24) is 4.98 Å². The van der Waals surface area contributed by atoms with Crippen molar-refractivity contribution in [3.05, 3.63) is 33.3 Å². The Morgan fingerprint density at radius 1 is 1.21 bits per heavy atom. The van der Waals surface area contributed by atoms with Crippen LogP contribution < -0.4 is 5.73 Å². The van der Waals surface area contributed by atoms with Gasteiger partial charge in [0.05, 0.1) is 4.88 Å². The van der Waals surface area contributed by atoms with Crippen LogP contribution in [0.5, 0.6) is 0 Å². The number of aromatic nitrogens is 1. The molecular formula is C9H6Br2N2S. The zero-order chi connectivity index (χ0) is 10.1. The molecule has 5 heteroatoms. The van der Waals surface area contributed by atoms with Crippen molar-refractivity contribution in [2.75, 3.05) is 5.73 Å².